The van der Waals surface area contributed by atoms with Gasteiger partial charge in [0.25, 0.3) is 6.43 Å². The third-order valence-corrected chi connectivity index (χ3v) is 6.19. The molecule has 0 N–H and O–H groups in total. The highest BCUT2D eigenvalue weighted by atomic mass is 19.3. The molecule has 11 heteroatoms. The highest BCUT2D eigenvalue weighted by molar-refractivity contribution is 5.80. The van der Waals surface area contributed by atoms with Gasteiger partial charge in [-0.2, -0.15) is 0 Å². The van der Waals surface area contributed by atoms with Crippen LogP contribution < -0.4 is 4.74 Å². The Morgan fingerprint density at radius 3 is 2.27 bits per heavy atom. The van der Waals surface area contributed by atoms with Crippen LogP contribution in [-0.2, 0) is 0 Å². The number of alkyl halides is 2. The van der Waals surface area contributed by atoms with Gasteiger partial charge in [0.15, 0.2) is 23.3 Å². The molecule has 2 aliphatic heterocycles. The molecule has 3 heterocycles. The fourth-order valence-electron chi connectivity index (χ4n) is 4.26. The van der Waals surface area contributed by atoms with Crippen molar-refractivity contribution in [2.24, 2.45) is 0 Å². The van der Waals surface area contributed by atoms with Crippen molar-refractivity contribution in [2.45, 2.75) is 26.3 Å². The molecule has 0 saturated carbocycles. The number of ether oxygens (including phenoxy) is 1. The van der Waals surface area contributed by atoms with Gasteiger partial charge in [-0.1, -0.05) is 6.07 Å². The summed E-state index contributed by atoms with van der Waals surface area (Å²) in [6, 6.07) is 7.33. The first-order valence-electron chi connectivity index (χ1n) is 11.2. The fraction of sp³-hybridized carbons (Fsp3) is 0.192. The van der Waals surface area contributed by atoms with Crippen molar-refractivity contribution < 1.29 is 26.7 Å². The van der Waals surface area contributed by atoms with Crippen LogP contribution in [0.15, 0.2) is 55.1 Å². The molecule has 1 aromatic heterocycles. The number of hydrogen-bond acceptors (Lipinski definition) is 4. The molecular weight excluding hydrogens is 493 g/mol. The summed E-state index contributed by atoms with van der Waals surface area (Å²) in [5.74, 6) is -3.65. The van der Waals surface area contributed by atoms with Crippen molar-refractivity contribution in [3.8, 4) is 34.1 Å². The van der Waals surface area contributed by atoms with E-state index < -0.39 is 29.9 Å². The molecule has 37 heavy (non-hydrogen) atoms. The lowest BCUT2D eigenvalue weighted by molar-refractivity contribution is 0.150. The average Bonchev–Trinajstić information content (AvgIpc) is 3.51. The minimum Gasteiger partial charge on any atom is -0.495 e. The Balaban J connectivity index is 1.62. The van der Waals surface area contributed by atoms with Crippen LogP contribution in [0.25, 0.3) is 28.3 Å². The lowest BCUT2D eigenvalue weighted by Crippen LogP contribution is -2.13. The van der Waals surface area contributed by atoms with Gasteiger partial charge in [-0.3, -0.25) is 0 Å². The molecule has 1 atom stereocenters. The molecule has 0 saturated heterocycles. The largest absolute Gasteiger partial charge is 0.495 e. The van der Waals surface area contributed by atoms with Gasteiger partial charge in [0, 0.05) is 29.1 Å². The van der Waals surface area contributed by atoms with Gasteiger partial charge >= 0.3 is 0 Å². The topological polar surface area (TPSA) is 57.8 Å². The summed E-state index contributed by atoms with van der Waals surface area (Å²) in [5, 5.41) is 8.43. The van der Waals surface area contributed by atoms with Crippen LogP contribution in [0.3, 0.4) is 0 Å². The molecule has 3 aromatic rings. The lowest BCUT2D eigenvalue weighted by atomic mass is 10.0. The van der Waals surface area contributed by atoms with Crippen molar-refractivity contribution in [2.75, 3.05) is 7.11 Å². The number of rotatable bonds is 6. The Bertz CT molecular complexity index is 1550. The van der Waals surface area contributed by atoms with Crippen LogP contribution in [0.5, 0.6) is 5.75 Å². The van der Waals surface area contributed by atoms with Gasteiger partial charge in [0.05, 0.1) is 30.9 Å². The first-order valence-corrected chi connectivity index (χ1v) is 11.2. The molecule has 2 aliphatic rings. The van der Waals surface area contributed by atoms with Crippen molar-refractivity contribution in [3.05, 3.63) is 89.4 Å². The summed E-state index contributed by atoms with van der Waals surface area (Å²) >= 11 is 0. The molecule has 2 aromatic carbocycles. The Morgan fingerprint density at radius 2 is 1.65 bits per heavy atom. The summed E-state index contributed by atoms with van der Waals surface area (Å²) in [5.41, 5.74) is 2.43. The van der Waals surface area contributed by atoms with Crippen LogP contribution in [0.1, 0.15) is 36.2 Å². The van der Waals surface area contributed by atoms with E-state index in [-0.39, 0.29) is 17.0 Å². The Labute approximate surface area is 208 Å². The Hall–Kier alpha value is -4.28. The van der Waals surface area contributed by atoms with E-state index in [1.807, 2.05) is 13.1 Å². The maximum atomic E-state index is 13.9. The summed E-state index contributed by atoms with van der Waals surface area (Å²) in [4.78, 5) is 4.22. The maximum absolute atomic E-state index is 13.9. The summed E-state index contributed by atoms with van der Waals surface area (Å²) in [6.07, 6.45) is 1.79. The van der Waals surface area contributed by atoms with Crippen molar-refractivity contribution in [1.82, 2.24) is 24.3 Å². The maximum Gasteiger partial charge on any atom is 0.265 e. The van der Waals surface area contributed by atoms with Gasteiger partial charge in [-0.15, -0.1) is 10.2 Å². The van der Waals surface area contributed by atoms with Gasteiger partial charge in [0.1, 0.15) is 11.4 Å². The molecule has 0 unspecified atom stereocenters. The number of halogens is 5. The molecule has 0 radical (unpaired) electrons. The number of aryl methyl sites for hydroxylation is 1. The predicted octanol–water partition coefficient (Wildman–Crippen LogP) is 6.52. The number of benzene rings is 2. The standard InChI is InChI=1S/C26H20F5N5O/c1-13-10-35(12-32-13)21-5-4-15(9-22(21)37-3)24-18-6-17(25(30)31)11-36(26(18)34-33-24)14(2)16-7-19(27)23(29)20(28)8-16/h4-12,14,25H,1-3H3/t14-/m0/s1. The molecule has 0 amide bonds. The molecule has 190 valence electrons. The predicted molar refractivity (Wildman–Crippen MR) is 126 cm³/mol. The van der Waals surface area contributed by atoms with Gasteiger partial charge in [-0.05, 0) is 49.7 Å². The second kappa shape index (κ2) is 9.30. The highest BCUT2D eigenvalue weighted by Gasteiger charge is 2.26. The van der Waals surface area contributed by atoms with E-state index in [2.05, 4.69) is 15.2 Å². The van der Waals surface area contributed by atoms with Gasteiger partial charge < -0.3 is 13.9 Å². The minimum atomic E-state index is -2.84. The average molecular weight is 513 g/mol. The molecule has 5 rings (SSSR count). The zero-order valence-electron chi connectivity index (χ0n) is 19.9. The molecule has 0 aliphatic carbocycles. The first-order chi connectivity index (χ1) is 17.7. The van der Waals surface area contributed by atoms with Gasteiger partial charge in [-0.25, -0.2) is 26.9 Å². The SMILES string of the molecule is COc1cc(-c2nnc3n([C@@H](C)c4cc(F)c(F)c(F)c4)cc(C(F)F)cc2-3)ccc1-n1cnc(C)c1. The zero-order valence-corrected chi connectivity index (χ0v) is 19.9. The molecule has 6 nitrogen and oxygen atoms in total. The number of fused-ring (bicyclic) bond motifs is 1. The number of hydrogen-bond donors (Lipinski definition) is 0. The smallest absolute Gasteiger partial charge is 0.265 e. The Morgan fingerprint density at radius 1 is 0.919 bits per heavy atom. The van der Waals surface area contributed by atoms with E-state index >= 15 is 0 Å². The lowest BCUT2D eigenvalue weighted by Gasteiger charge is -2.21. The van der Waals surface area contributed by atoms with Crippen molar-refractivity contribution in [1.29, 1.82) is 0 Å². The summed E-state index contributed by atoms with van der Waals surface area (Å²) in [6.45, 7) is 3.40. The number of methoxy groups -OCH3 is 1. The van der Waals surface area contributed by atoms with Crippen LogP contribution in [0.2, 0.25) is 0 Å². The van der Waals surface area contributed by atoms with E-state index in [0.717, 1.165) is 24.0 Å². The van der Waals surface area contributed by atoms with Crippen LogP contribution in [0.4, 0.5) is 22.0 Å². The van der Waals surface area contributed by atoms with Crippen LogP contribution in [0, 0.1) is 24.4 Å². The monoisotopic (exact) mass is 513 g/mol. The van der Waals surface area contributed by atoms with E-state index in [9.17, 15) is 22.0 Å². The van der Waals surface area contributed by atoms with E-state index in [0.29, 0.717) is 28.3 Å². The highest BCUT2D eigenvalue weighted by Crippen LogP contribution is 2.39. The van der Waals surface area contributed by atoms with E-state index in [1.54, 1.807) is 36.0 Å². The third kappa shape index (κ3) is 4.30. The number of imidazole rings is 1. The van der Waals surface area contributed by atoms with Crippen molar-refractivity contribution >= 4 is 0 Å². The number of pyridine rings is 1. The molecule has 0 fully saturated rings. The normalized spacial score (nSPS) is 12.5. The Kier molecular flexibility index (Phi) is 6.14. The molecule has 0 spiro atoms. The van der Waals surface area contributed by atoms with Crippen LogP contribution >= 0.6 is 0 Å². The third-order valence-electron chi connectivity index (χ3n) is 6.19. The summed E-state index contributed by atoms with van der Waals surface area (Å²) < 4.78 is 77.7. The van der Waals surface area contributed by atoms with Gasteiger partial charge in [0.2, 0.25) is 0 Å². The quantitative estimate of drug-likeness (QED) is 0.192. The van der Waals surface area contributed by atoms with E-state index in [1.165, 1.54) is 17.7 Å². The van der Waals surface area contributed by atoms with Crippen molar-refractivity contribution in [3.63, 3.8) is 0 Å². The van der Waals surface area contributed by atoms with Crippen LogP contribution in [-0.4, -0.2) is 31.4 Å². The second-order valence-electron chi connectivity index (χ2n) is 8.55. The molecule has 0 bridgehead atoms. The zero-order chi connectivity index (χ0) is 26.4. The number of aromatic nitrogens is 5. The minimum absolute atomic E-state index is 0.0420. The molecular formula is C26H20F5N5O. The first kappa shape index (κ1) is 24.4. The van der Waals surface area contributed by atoms with E-state index in [4.69, 9.17) is 4.74 Å². The number of nitrogens with zero attached hydrogens (tertiary/aromatic N) is 5. The second-order valence-corrected chi connectivity index (χ2v) is 8.55. The fourth-order valence-corrected chi connectivity index (χ4v) is 4.26. The summed E-state index contributed by atoms with van der Waals surface area (Å²) in [7, 11) is 1.51.